The van der Waals surface area contributed by atoms with Crippen LogP contribution in [0, 0.1) is 6.92 Å². The number of aromatic nitrogens is 1. The summed E-state index contributed by atoms with van der Waals surface area (Å²) in [5, 5.41) is 3.20. The van der Waals surface area contributed by atoms with E-state index in [0.717, 1.165) is 4.88 Å². The predicted octanol–water partition coefficient (Wildman–Crippen LogP) is 0.786. The van der Waals surface area contributed by atoms with E-state index in [0.29, 0.717) is 5.13 Å². The van der Waals surface area contributed by atoms with E-state index in [1.54, 1.807) is 6.20 Å². The lowest BCUT2D eigenvalue weighted by Crippen LogP contribution is -2.35. The number of anilines is 1. The first-order chi connectivity index (χ1) is 6.67. The molecule has 0 fully saturated rings. The SMILES string of the molecule is COC(CN)C(=O)Nc1ncc(C)s1.Cl. The van der Waals surface area contributed by atoms with Gasteiger partial charge in [-0.25, -0.2) is 4.98 Å². The average molecular weight is 252 g/mol. The highest BCUT2D eigenvalue weighted by molar-refractivity contribution is 7.15. The van der Waals surface area contributed by atoms with Gasteiger partial charge in [0.05, 0.1) is 0 Å². The number of rotatable bonds is 4. The van der Waals surface area contributed by atoms with Crippen LogP contribution in [0.5, 0.6) is 0 Å². The number of thiazole rings is 1. The van der Waals surface area contributed by atoms with E-state index in [1.807, 2.05) is 6.92 Å². The molecule has 0 aliphatic heterocycles. The van der Waals surface area contributed by atoms with E-state index < -0.39 is 6.10 Å². The molecule has 5 nitrogen and oxygen atoms in total. The normalized spacial score (nSPS) is 11.7. The van der Waals surface area contributed by atoms with E-state index in [2.05, 4.69) is 10.3 Å². The van der Waals surface area contributed by atoms with Crippen LogP contribution in [0.3, 0.4) is 0 Å². The average Bonchev–Trinajstić information content (AvgIpc) is 2.53. The Bertz CT molecular complexity index is 315. The van der Waals surface area contributed by atoms with Crippen LogP contribution < -0.4 is 11.1 Å². The van der Waals surface area contributed by atoms with Crippen molar-refractivity contribution in [3.8, 4) is 0 Å². The number of ether oxygens (including phenoxy) is 1. The molecule has 1 heterocycles. The minimum atomic E-state index is -0.612. The van der Waals surface area contributed by atoms with E-state index >= 15 is 0 Å². The molecule has 1 atom stereocenters. The predicted molar refractivity (Wildman–Crippen MR) is 62.6 cm³/mol. The van der Waals surface area contributed by atoms with Gasteiger partial charge in [0.15, 0.2) is 5.13 Å². The summed E-state index contributed by atoms with van der Waals surface area (Å²) >= 11 is 1.42. The molecule has 1 aromatic heterocycles. The molecule has 0 aliphatic rings. The molecular formula is C8H14ClN3O2S. The van der Waals surface area contributed by atoms with E-state index in [4.69, 9.17) is 10.5 Å². The summed E-state index contributed by atoms with van der Waals surface area (Å²) < 4.78 is 4.88. The number of aryl methyl sites for hydroxylation is 1. The summed E-state index contributed by atoms with van der Waals surface area (Å²) in [5.74, 6) is -0.260. The molecule has 1 rings (SSSR count). The minimum absolute atomic E-state index is 0. The maximum Gasteiger partial charge on any atom is 0.256 e. The lowest BCUT2D eigenvalue weighted by atomic mass is 10.3. The van der Waals surface area contributed by atoms with Gasteiger partial charge in [-0.15, -0.1) is 23.7 Å². The van der Waals surface area contributed by atoms with Crippen molar-refractivity contribution >= 4 is 34.8 Å². The van der Waals surface area contributed by atoms with Gasteiger partial charge >= 0.3 is 0 Å². The number of hydrogen-bond donors (Lipinski definition) is 2. The van der Waals surface area contributed by atoms with Gasteiger partial charge in [-0.1, -0.05) is 0 Å². The largest absolute Gasteiger partial charge is 0.370 e. The first kappa shape index (κ1) is 14.3. The highest BCUT2D eigenvalue weighted by atomic mass is 35.5. The molecule has 0 radical (unpaired) electrons. The highest BCUT2D eigenvalue weighted by Gasteiger charge is 2.16. The molecule has 0 spiro atoms. The highest BCUT2D eigenvalue weighted by Crippen LogP contribution is 2.16. The van der Waals surface area contributed by atoms with Gasteiger partial charge in [0.1, 0.15) is 6.10 Å². The van der Waals surface area contributed by atoms with Gasteiger partial charge in [-0.3, -0.25) is 10.1 Å². The van der Waals surface area contributed by atoms with E-state index in [9.17, 15) is 4.79 Å². The summed E-state index contributed by atoms with van der Waals surface area (Å²) in [7, 11) is 1.45. The van der Waals surface area contributed by atoms with Crippen molar-refractivity contribution in [3.05, 3.63) is 11.1 Å². The quantitative estimate of drug-likeness (QED) is 0.829. The van der Waals surface area contributed by atoms with Gasteiger partial charge in [0, 0.05) is 24.7 Å². The number of halogens is 1. The molecule has 86 valence electrons. The Balaban J connectivity index is 0.00000196. The molecule has 0 aromatic carbocycles. The van der Waals surface area contributed by atoms with Crippen LogP contribution in [0.15, 0.2) is 6.20 Å². The van der Waals surface area contributed by atoms with Gasteiger partial charge in [-0.2, -0.15) is 0 Å². The van der Waals surface area contributed by atoms with Crippen molar-refractivity contribution < 1.29 is 9.53 Å². The fraction of sp³-hybridized carbons (Fsp3) is 0.500. The second kappa shape index (κ2) is 6.73. The second-order valence-corrected chi connectivity index (χ2v) is 3.96. The number of hydrogen-bond acceptors (Lipinski definition) is 5. The third-order valence-corrected chi connectivity index (χ3v) is 2.47. The first-order valence-electron chi connectivity index (χ1n) is 4.13. The van der Waals surface area contributed by atoms with Crippen LogP contribution >= 0.6 is 23.7 Å². The van der Waals surface area contributed by atoms with Crippen molar-refractivity contribution in [2.45, 2.75) is 13.0 Å². The van der Waals surface area contributed by atoms with Crippen LogP contribution in [0.4, 0.5) is 5.13 Å². The molecule has 0 aliphatic carbocycles. The number of nitrogens with one attached hydrogen (secondary N) is 1. The number of amides is 1. The Morgan fingerprint density at radius 3 is 2.87 bits per heavy atom. The summed E-state index contributed by atoms with van der Waals surface area (Å²) in [6.07, 6.45) is 1.09. The van der Waals surface area contributed by atoms with Gasteiger partial charge in [-0.05, 0) is 6.92 Å². The number of nitrogens with zero attached hydrogens (tertiary/aromatic N) is 1. The zero-order valence-corrected chi connectivity index (χ0v) is 10.2. The maximum absolute atomic E-state index is 11.4. The molecule has 0 bridgehead atoms. The lowest BCUT2D eigenvalue weighted by molar-refractivity contribution is -0.125. The zero-order valence-electron chi connectivity index (χ0n) is 8.52. The Morgan fingerprint density at radius 2 is 2.47 bits per heavy atom. The van der Waals surface area contributed by atoms with Gasteiger partial charge in [0.2, 0.25) is 0 Å². The van der Waals surface area contributed by atoms with Crippen LogP contribution in [0.25, 0.3) is 0 Å². The Morgan fingerprint density at radius 1 is 1.80 bits per heavy atom. The van der Waals surface area contributed by atoms with Crippen molar-refractivity contribution in [1.29, 1.82) is 0 Å². The third-order valence-electron chi connectivity index (χ3n) is 1.64. The number of carbonyl (C=O) groups is 1. The topological polar surface area (TPSA) is 77.2 Å². The summed E-state index contributed by atoms with van der Waals surface area (Å²) in [5.41, 5.74) is 5.34. The molecule has 1 amide bonds. The molecule has 7 heteroatoms. The standard InChI is InChI=1S/C8H13N3O2S.ClH/c1-5-4-10-8(14-5)11-7(12)6(3-9)13-2;/h4,6H,3,9H2,1-2H3,(H,10,11,12);1H. The van der Waals surface area contributed by atoms with Crippen molar-refractivity contribution in [3.63, 3.8) is 0 Å². The van der Waals surface area contributed by atoms with Gasteiger partial charge < -0.3 is 10.5 Å². The molecular weight excluding hydrogens is 238 g/mol. The number of nitrogens with two attached hydrogens (primary N) is 1. The molecule has 1 unspecified atom stereocenters. The van der Waals surface area contributed by atoms with Crippen molar-refractivity contribution in [1.82, 2.24) is 4.98 Å². The summed E-state index contributed by atoms with van der Waals surface area (Å²) in [6, 6.07) is 0. The Hall–Kier alpha value is -0.690. The van der Waals surface area contributed by atoms with Crippen LogP contribution in [0.2, 0.25) is 0 Å². The van der Waals surface area contributed by atoms with E-state index in [-0.39, 0.29) is 24.9 Å². The summed E-state index contributed by atoms with van der Waals surface area (Å²) in [6.45, 7) is 2.08. The Labute approximate surface area is 98.4 Å². The Kier molecular flexibility index (Phi) is 6.42. The first-order valence-corrected chi connectivity index (χ1v) is 4.95. The van der Waals surface area contributed by atoms with Gasteiger partial charge in [0.25, 0.3) is 5.91 Å². The fourth-order valence-corrected chi connectivity index (χ4v) is 1.58. The van der Waals surface area contributed by atoms with Crippen LogP contribution in [-0.4, -0.2) is 30.6 Å². The van der Waals surface area contributed by atoms with Crippen molar-refractivity contribution in [2.24, 2.45) is 5.73 Å². The number of methoxy groups -OCH3 is 1. The lowest BCUT2D eigenvalue weighted by Gasteiger charge is -2.10. The monoisotopic (exact) mass is 251 g/mol. The number of carbonyl (C=O) groups excluding carboxylic acids is 1. The molecule has 0 saturated carbocycles. The van der Waals surface area contributed by atoms with Crippen LogP contribution in [0.1, 0.15) is 4.88 Å². The molecule has 15 heavy (non-hydrogen) atoms. The zero-order chi connectivity index (χ0) is 10.6. The smallest absolute Gasteiger partial charge is 0.256 e. The molecule has 1 aromatic rings. The van der Waals surface area contributed by atoms with Crippen LogP contribution in [-0.2, 0) is 9.53 Å². The molecule has 3 N–H and O–H groups in total. The third kappa shape index (κ3) is 4.13. The maximum atomic E-state index is 11.4. The minimum Gasteiger partial charge on any atom is -0.370 e. The summed E-state index contributed by atoms with van der Waals surface area (Å²) in [4.78, 5) is 16.5. The van der Waals surface area contributed by atoms with E-state index in [1.165, 1.54) is 18.4 Å². The van der Waals surface area contributed by atoms with Crippen molar-refractivity contribution in [2.75, 3.05) is 19.0 Å². The second-order valence-electron chi connectivity index (χ2n) is 2.73. The fourth-order valence-electron chi connectivity index (χ4n) is 0.909. The molecule has 0 saturated heterocycles.